The second kappa shape index (κ2) is 6.33. The molecule has 19 heavy (non-hydrogen) atoms. The lowest BCUT2D eigenvalue weighted by Crippen LogP contribution is -2.05. The number of aromatic nitrogens is 3. The third kappa shape index (κ3) is 3.78. The van der Waals surface area contributed by atoms with Gasteiger partial charge in [-0.3, -0.25) is 0 Å². The summed E-state index contributed by atoms with van der Waals surface area (Å²) in [4.78, 5) is 11.8. The highest BCUT2D eigenvalue weighted by molar-refractivity contribution is 9.10. The van der Waals surface area contributed by atoms with E-state index >= 15 is 0 Å². The number of ether oxygens (including phenoxy) is 2. The molecule has 0 bridgehead atoms. The number of halogens is 1. The maximum absolute atomic E-state index is 5.59. The molecule has 0 atom stereocenters. The van der Waals surface area contributed by atoms with Crippen LogP contribution in [0, 0.1) is 0 Å². The molecular weight excluding hydrogens is 312 g/mol. The lowest BCUT2D eigenvalue weighted by Gasteiger charge is -2.07. The lowest BCUT2D eigenvalue weighted by molar-refractivity contribution is 0.285. The van der Waals surface area contributed by atoms with Crippen molar-refractivity contribution in [2.45, 2.75) is 13.3 Å². The number of hydrogen-bond acceptors (Lipinski definition) is 6. The van der Waals surface area contributed by atoms with E-state index in [-0.39, 0.29) is 18.0 Å². The Kier molecular flexibility index (Phi) is 4.51. The molecule has 0 spiro atoms. The maximum Gasteiger partial charge on any atom is 0.330 e. The van der Waals surface area contributed by atoms with Crippen LogP contribution in [0.5, 0.6) is 17.8 Å². The van der Waals surface area contributed by atoms with Gasteiger partial charge >= 0.3 is 12.0 Å². The van der Waals surface area contributed by atoms with E-state index in [0.29, 0.717) is 12.4 Å². The number of nitrogen functional groups attached to an aromatic ring is 1. The van der Waals surface area contributed by atoms with Crippen molar-refractivity contribution >= 4 is 21.9 Å². The molecule has 2 aromatic rings. The molecule has 0 radical (unpaired) electrons. The molecule has 1 aromatic carbocycles. The van der Waals surface area contributed by atoms with Gasteiger partial charge in [-0.15, -0.1) is 4.98 Å². The van der Waals surface area contributed by atoms with Crippen LogP contribution in [0.15, 0.2) is 28.7 Å². The van der Waals surface area contributed by atoms with Gasteiger partial charge in [0.1, 0.15) is 5.75 Å². The van der Waals surface area contributed by atoms with Crippen molar-refractivity contribution in [2.75, 3.05) is 12.3 Å². The minimum absolute atomic E-state index is 0.0585. The second-order valence-corrected chi connectivity index (χ2v) is 4.49. The van der Waals surface area contributed by atoms with Crippen LogP contribution in [0.2, 0.25) is 0 Å². The first-order valence-corrected chi connectivity index (χ1v) is 6.55. The van der Waals surface area contributed by atoms with E-state index in [9.17, 15) is 0 Å². The number of nitrogens with two attached hydrogens (primary N) is 1. The van der Waals surface area contributed by atoms with Gasteiger partial charge in [0, 0.05) is 0 Å². The molecule has 6 nitrogen and oxygen atoms in total. The number of anilines is 1. The number of para-hydroxylation sites is 1. The Balaban J connectivity index is 2.20. The summed E-state index contributed by atoms with van der Waals surface area (Å²) in [7, 11) is 0. The Morgan fingerprint density at radius 1 is 1.16 bits per heavy atom. The summed E-state index contributed by atoms with van der Waals surface area (Å²) in [5, 5.41) is 0. The minimum atomic E-state index is 0.0585. The van der Waals surface area contributed by atoms with Crippen LogP contribution in [-0.4, -0.2) is 21.6 Å². The minimum Gasteiger partial charge on any atom is -0.463 e. The molecule has 0 aliphatic heterocycles. The van der Waals surface area contributed by atoms with Crippen LogP contribution < -0.4 is 15.2 Å². The molecule has 100 valence electrons. The van der Waals surface area contributed by atoms with Gasteiger partial charge in [-0.25, -0.2) is 0 Å². The van der Waals surface area contributed by atoms with E-state index in [2.05, 4.69) is 30.9 Å². The summed E-state index contributed by atoms with van der Waals surface area (Å²) in [6.45, 7) is 2.50. The van der Waals surface area contributed by atoms with Gasteiger partial charge < -0.3 is 15.2 Å². The van der Waals surface area contributed by atoms with Crippen molar-refractivity contribution in [1.82, 2.24) is 15.0 Å². The van der Waals surface area contributed by atoms with E-state index in [4.69, 9.17) is 15.2 Å². The van der Waals surface area contributed by atoms with Crippen molar-refractivity contribution < 1.29 is 9.47 Å². The number of nitrogens with zero attached hydrogens (tertiary/aromatic N) is 3. The van der Waals surface area contributed by atoms with Gasteiger partial charge in [-0.05, 0) is 34.5 Å². The number of benzene rings is 1. The van der Waals surface area contributed by atoms with Crippen molar-refractivity contribution in [3.63, 3.8) is 0 Å². The van der Waals surface area contributed by atoms with Gasteiger partial charge in [0.25, 0.3) is 0 Å². The Labute approximate surface area is 119 Å². The van der Waals surface area contributed by atoms with Crippen LogP contribution in [-0.2, 0) is 0 Å². The summed E-state index contributed by atoms with van der Waals surface area (Å²) in [5.74, 6) is 0.651. The zero-order chi connectivity index (χ0) is 13.7. The van der Waals surface area contributed by atoms with E-state index in [0.717, 1.165) is 10.9 Å². The summed E-state index contributed by atoms with van der Waals surface area (Å²) < 4.78 is 11.6. The zero-order valence-electron chi connectivity index (χ0n) is 10.3. The molecule has 1 heterocycles. The summed E-state index contributed by atoms with van der Waals surface area (Å²) in [5.41, 5.74) is 5.59. The van der Waals surface area contributed by atoms with E-state index in [1.54, 1.807) is 6.07 Å². The molecule has 7 heteroatoms. The molecule has 2 rings (SSSR count). The Bertz CT molecular complexity index is 565. The lowest BCUT2D eigenvalue weighted by atomic mass is 10.3. The first-order chi connectivity index (χ1) is 9.19. The van der Waals surface area contributed by atoms with Crippen molar-refractivity contribution in [1.29, 1.82) is 0 Å². The molecule has 0 saturated carbocycles. The monoisotopic (exact) mass is 324 g/mol. The van der Waals surface area contributed by atoms with Crippen LogP contribution in [0.4, 0.5) is 5.95 Å². The first kappa shape index (κ1) is 13.5. The van der Waals surface area contributed by atoms with Gasteiger partial charge in [-0.1, -0.05) is 19.1 Å². The Hall–Kier alpha value is -1.89. The predicted molar refractivity (Wildman–Crippen MR) is 74.2 cm³/mol. The SMILES string of the molecule is CCCOc1nc(N)nc(Oc2ccccc2Br)n1. The smallest absolute Gasteiger partial charge is 0.330 e. The van der Waals surface area contributed by atoms with E-state index in [1.807, 2.05) is 25.1 Å². The molecule has 0 saturated heterocycles. The molecule has 0 aliphatic carbocycles. The normalized spacial score (nSPS) is 10.2. The van der Waals surface area contributed by atoms with E-state index < -0.39 is 0 Å². The van der Waals surface area contributed by atoms with Crippen LogP contribution in [0.1, 0.15) is 13.3 Å². The van der Waals surface area contributed by atoms with Crippen molar-refractivity contribution in [3.05, 3.63) is 28.7 Å². The quantitative estimate of drug-likeness (QED) is 0.910. The average Bonchev–Trinajstić information content (AvgIpc) is 2.38. The molecular formula is C12H13BrN4O2. The predicted octanol–water partition coefficient (Wildman–Crippen LogP) is 2.80. The molecule has 0 amide bonds. The van der Waals surface area contributed by atoms with Gasteiger partial charge in [0.15, 0.2) is 0 Å². The fourth-order valence-electron chi connectivity index (χ4n) is 1.28. The third-order valence-corrected chi connectivity index (χ3v) is 2.74. The third-order valence-electron chi connectivity index (χ3n) is 2.08. The molecule has 0 fully saturated rings. The van der Waals surface area contributed by atoms with Crippen molar-refractivity contribution in [2.24, 2.45) is 0 Å². The van der Waals surface area contributed by atoms with Crippen LogP contribution >= 0.6 is 15.9 Å². The molecule has 2 N–H and O–H groups in total. The topological polar surface area (TPSA) is 83.2 Å². The van der Waals surface area contributed by atoms with Crippen LogP contribution in [0.25, 0.3) is 0 Å². The number of rotatable bonds is 5. The molecule has 1 aromatic heterocycles. The van der Waals surface area contributed by atoms with Gasteiger partial charge in [0.05, 0.1) is 11.1 Å². The largest absolute Gasteiger partial charge is 0.463 e. The highest BCUT2D eigenvalue weighted by Gasteiger charge is 2.09. The molecule has 0 aliphatic rings. The Morgan fingerprint density at radius 2 is 1.89 bits per heavy atom. The standard InChI is InChI=1S/C12H13BrN4O2/c1-2-7-18-11-15-10(14)16-12(17-11)19-9-6-4-3-5-8(9)13/h3-6H,2,7H2,1H3,(H2,14,15,16,17). The average molecular weight is 325 g/mol. The Morgan fingerprint density at radius 3 is 2.63 bits per heavy atom. The maximum atomic E-state index is 5.59. The highest BCUT2D eigenvalue weighted by atomic mass is 79.9. The fourth-order valence-corrected chi connectivity index (χ4v) is 1.65. The van der Waals surface area contributed by atoms with Gasteiger partial charge in [0.2, 0.25) is 5.95 Å². The van der Waals surface area contributed by atoms with Crippen molar-refractivity contribution in [3.8, 4) is 17.8 Å². The second-order valence-electron chi connectivity index (χ2n) is 3.64. The summed E-state index contributed by atoms with van der Waals surface area (Å²) in [6, 6.07) is 7.64. The fraction of sp³-hybridized carbons (Fsp3) is 0.250. The number of hydrogen-bond donors (Lipinski definition) is 1. The van der Waals surface area contributed by atoms with Gasteiger partial charge in [-0.2, -0.15) is 9.97 Å². The molecule has 0 unspecified atom stereocenters. The zero-order valence-corrected chi connectivity index (χ0v) is 11.9. The van der Waals surface area contributed by atoms with Crippen LogP contribution in [0.3, 0.4) is 0 Å². The summed E-state index contributed by atoms with van der Waals surface area (Å²) >= 11 is 3.37. The first-order valence-electron chi connectivity index (χ1n) is 5.75. The summed E-state index contributed by atoms with van der Waals surface area (Å²) in [6.07, 6.45) is 0.853. The van der Waals surface area contributed by atoms with E-state index in [1.165, 1.54) is 0 Å². The highest BCUT2D eigenvalue weighted by Crippen LogP contribution is 2.28.